The molecule has 5 nitrogen and oxygen atoms in total. The smallest absolute Gasteiger partial charge is 0.339 e. The number of carbonyl (C=O) groups excluding carboxylic acids is 1. The first kappa shape index (κ1) is 15.5. The molecule has 0 aliphatic heterocycles. The summed E-state index contributed by atoms with van der Waals surface area (Å²) in [4.78, 5) is 16.8. The summed E-state index contributed by atoms with van der Waals surface area (Å²) in [6.07, 6.45) is 1.25. The van der Waals surface area contributed by atoms with Crippen molar-refractivity contribution in [1.82, 2.24) is 10.8 Å². The zero-order chi connectivity index (χ0) is 14.1. The molecule has 1 aromatic rings. The maximum Gasteiger partial charge on any atom is 0.339 e. The number of aliphatic hydroxyl groups is 1. The molecule has 0 aliphatic rings. The van der Waals surface area contributed by atoms with Crippen LogP contribution in [0.15, 0.2) is 30.3 Å². The number of benzene rings is 1. The van der Waals surface area contributed by atoms with E-state index in [0.717, 1.165) is 12.0 Å². The van der Waals surface area contributed by atoms with Gasteiger partial charge in [-0.2, -0.15) is 0 Å². The van der Waals surface area contributed by atoms with Crippen LogP contribution < -0.4 is 10.8 Å². The van der Waals surface area contributed by atoms with Crippen LogP contribution in [-0.4, -0.2) is 23.3 Å². The van der Waals surface area contributed by atoms with E-state index in [-0.39, 0.29) is 6.61 Å². The Labute approximate surface area is 113 Å². The van der Waals surface area contributed by atoms with Gasteiger partial charge in [0.15, 0.2) is 0 Å². The Bertz CT molecular complexity index is 384. The molecule has 0 saturated heterocycles. The lowest BCUT2D eigenvalue weighted by Gasteiger charge is -2.28. The highest BCUT2D eigenvalue weighted by Crippen LogP contribution is 2.13. The monoisotopic (exact) mass is 266 g/mol. The zero-order valence-electron chi connectivity index (χ0n) is 11.5. The second-order valence-corrected chi connectivity index (χ2v) is 4.72. The number of hydrogen-bond acceptors (Lipinski definition) is 3. The fraction of sp³-hybridized carbons (Fsp3) is 0.500. The van der Waals surface area contributed by atoms with E-state index in [9.17, 15) is 4.79 Å². The van der Waals surface area contributed by atoms with Gasteiger partial charge in [0, 0.05) is 12.1 Å². The SMILES string of the molecule is CCC(C)(CCO)NC(=O)NOCc1ccccc1. The van der Waals surface area contributed by atoms with E-state index in [1.165, 1.54) is 0 Å². The van der Waals surface area contributed by atoms with Crippen molar-refractivity contribution in [3.05, 3.63) is 35.9 Å². The molecule has 1 atom stereocenters. The summed E-state index contributed by atoms with van der Waals surface area (Å²) in [5, 5.41) is 11.8. The zero-order valence-corrected chi connectivity index (χ0v) is 11.5. The number of urea groups is 1. The lowest BCUT2D eigenvalue weighted by Crippen LogP contribution is -2.50. The van der Waals surface area contributed by atoms with Crippen LogP contribution in [0.1, 0.15) is 32.3 Å². The van der Waals surface area contributed by atoms with E-state index >= 15 is 0 Å². The molecule has 0 bridgehead atoms. The van der Waals surface area contributed by atoms with E-state index in [0.29, 0.717) is 13.0 Å². The third-order valence-corrected chi connectivity index (χ3v) is 3.11. The molecular formula is C14H22N2O3. The van der Waals surface area contributed by atoms with E-state index < -0.39 is 11.6 Å². The minimum Gasteiger partial charge on any atom is -0.396 e. The van der Waals surface area contributed by atoms with Gasteiger partial charge in [0.25, 0.3) is 0 Å². The first-order valence-corrected chi connectivity index (χ1v) is 6.44. The molecular weight excluding hydrogens is 244 g/mol. The van der Waals surface area contributed by atoms with E-state index in [2.05, 4.69) is 10.8 Å². The van der Waals surface area contributed by atoms with Gasteiger partial charge in [-0.25, -0.2) is 10.3 Å². The molecule has 3 N–H and O–H groups in total. The van der Waals surface area contributed by atoms with Gasteiger partial charge in [-0.1, -0.05) is 37.3 Å². The Hall–Kier alpha value is -1.59. The Balaban J connectivity index is 2.31. The summed E-state index contributed by atoms with van der Waals surface area (Å²) in [5.41, 5.74) is 2.91. The summed E-state index contributed by atoms with van der Waals surface area (Å²) >= 11 is 0. The molecule has 5 heteroatoms. The minimum absolute atomic E-state index is 0.0372. The van der Waals surface area contributed by atoms with Gasteiger partial charge in [-0.05, 0) is 25.3 Å². The van der Waals surface area contributed by atoms with Crippen molar-refractivity contribution < 1.29 is 14.7 Å². The molecule has 19 heavy (non-hydrogen) atoms. The fourth-order valence-corrected chi connectivity index (χ4v) is 1.63. The molecule has 0 saturated carbocycles. The Morgan fingerprint density at radius 2 is 2.05 bits per heavy atom. The first-order chi connectivity index (χ1) is 9.09. The summed E-state index contributed by atoms with van der Waals surface area (Å²) in [6.45, 7) is 4.20. The molecule has 0 aromatic heterocycles. The number of hydroxylamine groups is 1. The average Bonchev–Trinajstić information content (AvgIpc) is 2.40. The average molecular weight is 266 g/mol. The molecule has 0 aliphatic carbocycles. The van der Waals surface area contributed by atoms with Crippen molar-refractivity contribution >= 4 is 6.03 Å². The number of hydrogen-bond donors (Lipinski definition) is 3. The summed E-state index contributed by atoms with van der Waals surface area (Å²) < 4.78 is 0. The van der Waals surface area contributed by atoms with E-state index in [1.54, 1.807) is 0 Å². The number of aliphatic hydroxyl groups excluding tert-OH is 1. The Morgan fingerprint density at radius 3 is 2.63 bits per heavy atom. The topological polar surface area (TPSA) is 70.6 Å². The lowest BCUT2D eigenvalue weighted by atomic mass is 9.95. The second kappa shape index (κ2) is 7.76. The third-order valence-electron chi connectivity index (χ3n) is 3.11. The van der Waals surface area contributed by atoms with Crippen LogP contribution in [0.25, 0.3) is 0 Å². The van der Waals surface area contributed by atoms with Gasteiger partial charge in [-0.15, -0.1) is 0 Å². The molecule has 1 aromatic carbocycles. The largest absolute Gasteiger partial charge is 0.396 e. The predicted octanol–water partition coefficient (Wildman–Crippen LogP) is 1.97. The van der Waals surface area contributed by atoms with Crippen LogP contribution in [-0.2, 0) is 11.4 Å². The van der Waals surface area contributed by atoms with Gasteiger partial charge in [-0.3, -0.25) is 4.84 Å². The Morgan fingerprint density at radius 1 is 1.37 bits per heavy atom. The van der Waals surface area contributed by atoms with Crippen LogP contribution in [0, 0.1) is 0 Å². The van der Waals surface area contributed by atoms with Crippen molar-refractivity contribution in [3.8, 4) is 0 Å². The second-order valence-electron chi connectivity index (χ2n) is 4.72. The van der Waals surface area contributed by atoms with E-state index in [4.69, 9.17) is 9.94 Å². The first-order valence-electron chi connectivity index (χ1n) is 6.44. The number of nitrogens with one attached hydrogen (secondary N) is 2. The van der Waals surface area contributed by atoms with Crippen LogP contribution >= 0.6 is 0 Å². The molecule has 0 spiro atoms. The van der Waals surface area contributed by atoms with Gasteiger partial charge >= 0.3 is 6.03 Å². The molecule has 2 amide bonds. The lowest BCUT2D eigenvalue weighted by molar-refractivity contribution is 0.0455. The van der Waals surface area contributed by atoms with Gasteiger partial charge < -0.3 is 10.4 Å². The highest BCUT2D eigenvalue weighted by molar-refractivity contribution is 5.73. The standard InChI is InChI=1S/C14H22N2O3/c1-3-14(2,9-10-17)15-13(18)16-19-11-12-7-5-4-6-8-12/h4-8,17H,3,9-11H2,1-2H3,(H2,15,16,18). The van der Waals surface area contributed by atoms with Crippen molar-refractivity contribution in [2.24, 2.45) is 0 Å². The van der Waals surface area contributed by atoms with Crippen molar-refractivity contribution in [2.45, 2.75) is 38.8 Å². The summed E-state index contributed by atoms with van der Waals surface area (Å²) in [5.74, 6) is 0. The van der Waals surface area contributed by atoms with Crippen LogP contribution in [0.3, 0.4) is 0 Å². The molecule has 0 heterocycles. The van der Waals surface area contributed by atoms with Crippen LogP contribution in [0.2, 0.25) is 0 Å². The Kier molecular flexibility index (Phi) is 6.32. The summed E-state index contributed by atoms with van der Waals surface area (Å²) in [6, 6.07) is 9.19. The van der Waals surface area contributed by atoms with E-state index in [1.807, 2.05) is 44.2 Å². The fourth-order valence-electron chi connectivity index (χ4n) is 1.63. The highest BCUT2D eigenvalue weighted by atomic mass is 16.7. The molecule has 0 radical (unpaired) electrons. The number of amides is 2. The molecule has 1 unspecified atom stereocenters. The number of rotatable bonds is 7. The predicted molar refractivity (Wildman–Crippen MR) is 73.3 cm³/mol. The minimum atomic E-state index is -0.422. The third kappa shape index (κ3) is 5.72. The molecule has 0 fully saturated rings. The van der Waals surface area contributed by atoms with Gasteiger partial charge in [0.05, 0.1) is 6.61 Å². The molecule has 106 valence electrons. The quantitative estimate of drug-likeness (QED) is 0.661. The summed E-state index contributed by atoms with van der Waals surface area (Å²) in [7, 11) is 0. The maximum absolute atomic E-state index is 11.7. The van der Waals surface area contributed by atoms with Crippen molar-refractivity contribution in [2.75, 3.05) is 6.61 Å². The maximum atomic E-state index is 11.7. The van der Waals surface area contributed by atoms with Crippen LogP contribution in [0.4, 0.5) is 4.79 Å². The normalized spacial score (nSPS) is 13.6. The number of carbonyl (C=O) groups is 1. The highest BCUT2D eigenvalue weighted by Gasteiger charge is 2.23. The van der Waals surface area contributed by atoms with Gasteiger partial charge in [0.1, 0.15) is 0 Å². The van der Waals surface area contributed by atoms with Crippen molar-refractivity contribution in [3.63, 3.8) is 0 Å². The van der Waals surface area contributed by atoms with Crippen molar-refractivity contribution in [1.29, 1.82) is 0 Å². The van der Waals surface area contributed by atoms with Gasteiger partial charge in [0.2, 0.25) is 0 Å². The van der Waals surface area contributed by atoms with Crippen LogP contribution in [0.5, 0.6) is 0 Å². The molecule has 1 rings (SSSR count).